The smallest absolute Gasteiger partial charge is 0.331 e. The highest BCUT2D eigenvalue weighted by Crippen LogP contribution is 2.23. The molecule has 1 rings (SSSR count). The summed E-state index contributed by atoms with van der Waals surface area (Å²) in [5, 5.41) is 3.11. The first-order valence-corrected chi connectivity index (χ1v) is 4.81. The molecule has 74 valence electrons. The third-order valence-corrected chi connectivity index (χ3v) is 2.42. The van der Waals surface area contributed by atoms with Crippen molar-refractivity contribution in [2.45, 2.75) is 25.7 Å². The van der Waals surface area contributed by atoms with E-state index in [1.165, 1.54) is 38.9 Å². The van der Waals surface area contributed by atoms with E-state index in [1.54, 1.807) is 6.20 Å². The summed E-state index contributed by atoms with van der Waals surface area (Å²) in [5.74, 6) is 0.487. The molecule has 0 spiro atoms. The molecule has 1 saturated carbocycles. The minimum atomic E-state index is -0.307. The Kier molecular flexibility index (Phi) is 4.36. The molecule has 0 aromatic heterocycles. The van der Waals surface area contributed by atoms with Crippen LogP contribution in [0.25, 0.3) is 0 Å². The molecule has 0 aromatic carbocycles. The van der Waals surface area contributed by atoms with Crippen molar-refractivity contribution in [2.75, 3.05) is 13.7 Å². The van der Waals surface area contributed by atoms with Crippen molar-refractivity contribution in [3.63, 3.8) is 0 Å². The van der Waals surface area contributed by atoms with Crippen LogP contribution in [0.1, 0.15) is 25.7 Å². The molecule has 1 N–H and O–H groups in total. The molecule has 1 aliphatic rings. The van der Waals surface area contributed by atoms with E-state index in [2.05, 4.69) is 10.1 Å². The molecular formula is C10H17NO2. The van der Waals surface area contributed by atoms with Gasteiger partial charge in [-0.25, -0.2) is 4.79 Å². The molecule has 0 aliphatic heterocycles. The Labute approximate surface area is 79.2 Å². The first-order chi connectivity index (χ1) is 6.33. The quantitative estimate of drug-likeness (QED) is 0.529. The van der Waals surface area contributed by atoms with Crippen molar-refractivity contribution in [3.8, 4) is 0 Å². The zero-order valence-electron chi connectivity index (χ0n) is 8.08. The molecule has 13 heavy (non-hydrogen) atoms. The summed E-state index contributed by atoms with van der Waals surface area (Å²) in [4.78, 5) is 10.7. The number of carbonyl (C=O) groups is 1. The fourth-order valence-electron chi connectivity index (χ4n) is 1.64. The maximum absolute atomic E-state index is 10.7. The SMILES string of the molecule is COC(=O)/C=C/NCC1CCCC1. The van der Waals surface area contributed by atoms with Crippen molar-refractivity contribution >= 4 is 5.97 Å². The van der Waals surface area contributed by atoms with Crippen molar-refractivity contribution < 1.29 is 9.53 Å². The van der Waals surface area contributed by atoms with Gasteiger partial charge < -0.3 is 10.1 Å². The zero-order chi connectivity index (χ0) is 9.52. The largest absolute Gasteiger partial charge is 0.466 e. The molecule has 0 heterocycles. The van der Waals surface area contributed by atoms with Crippen LogP contribution in [0.2, 0.25) is 0 Å². The van der Waals surface area contributed by atoms with Crippen LogP contribution >= 0.6 is 0 Å². The second kappa shape index (κ2) is 5.62. The van der Waals surface area contributed by atoms with Crippen LogP contribution in [0.5, 0.6) is 0 Å². The summed E-state index contributed by atoms with van der Waals surface area (Å²) >= 11 is 0. The molecule has 0 radical (unpaired) electrons. The number of ether oxygens (including phenoxy) is 1. The highest BCUT2D eigenvalue weighted by atomic mass is 16.5. The van der Waals surface area contributed by atoms with Crippen molar-refractivity contribution in [3.05, 3.63) is 12.3 Å². The second-order valence-corrected chi connectivity index (χ2v) is 3.42. The molecule has 0 amide bonds. The average Bonchev–Trinajstić information content (AvgIpc) is 2.64. The lowest BCUT2D eigenvalue weighted by Gasteiger charge is -2.07. The first kappa shape index (κ1) is 10.1. The van der Waals surface area contributed by atoms with E-state index in [0.717, 1.165) is 12.5 Å². The summed E-state index contributed by atoms with van der Waals surface area (Å²) in [7, 11) is 1.38. The highest BCUT2D eigenvalue weighted by molar-refractivity contribution is 5.81. The molecule has 3 nitrogen and oxygen atoms in total. The van der Waals surface area contributed by atoms with Crippen LogP contribution in [-0.2, 0) is 9.53 Å². The standard InChI is InChI=1S/C10H17NO2/c1-13-10(12)6-7-11-8-9-4-2-3-5-9/h6-7,9,11H,2-5,8H2,1H3/b7-6+. The lowest BCUT2D eigenvalue weighted by Crippen LogP contribution is -2.15. The van der Waals surface area contributed by atoms with Gasteiger partial charge in [0.15, 0.2) is 0 Å². The topological polar surface area (TPSA) is 38.3 Å². The summed E-state index contributed by atoms with van der Waals surface area (Å²) in [6, 6.07) is 0. The number of hydrogen-bond acceptors (Lipinski definition) is 3. The van der Waals surface area contributed by atoms with Crippen LogP contribution in [-0.4, -0.2) is 19.6 Å². The van der Waals surface area contributed by atoms with Crippen molar-refractivity contribution in [1.29, 1.82) is 0 Å². The fourth-order valence-corrected chi connectivity index (χ4v) is 1.64. The normalized spacial score (nSPS) is 17.9. The number of esters is 1. The second-order valence-electron chi connectivity index (χ2n) is 3.42. The van der Waals surface area contributed by atoms with E-state index < -0.39 is 0 Å². The van der Waals surface area contributed by atoms with Crippen molar-refractivity contribution in [2.24, 2.45) is 5.92 Å². The third kappa shape index (κ3) is 3.97. The van der Waals surface area contributed by atoms with Crippen molar-refractivity contribution in [1.82, 2.24) is 5.32 Å². The Morgan fingerprint density at radius 2 is 2.23 bits per heavy atom. The van der Waals surface area contributed by atoms with Gasteiger partial charge in [0, 0.05) is 18.8 Å². The molecule has 1 aliphatic carbocycles. The Morgan fingerprint density at radius 1 is 1.54 bits per heavy atom. The molecule has 0 atom stereocenters. The summed E-state index contributed by atoms with van der Waals surface area (Å²) in [6.07, 6.45) is 8.43. The van der Waals surface area contributed by atoms with E-state index in [1.807, 2.05) is 0 Å². The molecule has 1 fully saturated rings. The third-order valence-electron chi connectivity index (χ3n) is 2.42. The summed E-state index contributed by atoms with van der Waals surface area (Å²) < 4.78 is 4.46. The van der Waals surface area contributed by atoms with Gasteiger partial charge >= 0.3 is 5.97 Å². The van der Waals surface area contributed by atoms with Crippen LogP contribution in [0.15, 0.2) is 12.3 Å². The summed E-state index contributed by atoms with van der Waals surface area (Å²) in [6.45, 7) is 0.980. The molecule has 0 bridgehead atoms. The van der Waals surface area contributed by atoms with Gasteiger partial charge in [-0.1, -0.05) is 12.8 Å². The Hall–Kier alpha value is -0.990. The Bertz CT molecular complexity index is 183. The average molecular weight is 183 g/mol. The minimum Gasteiger partial charge on any atom is -0.466 e. The summed E-state index contributed by atoms with van der Waals surface area (Å²) in [5.41, 5.74) is 0. The molecular weight excluding hydrogens is 166 g/mol. The molecule has 3 heteroatoms. The maximum Gasteiger partial charge on any atom is 0.331 e. The van der Waals surface area contributed by atoms with E-state index in [4.69, 9.17) is 0 Å². The molecule has 0 aromatic rings. The lowest BCUT2D eigenvalue weighted by atomic mass is 10.1. The van der Waals surface area contributed by atoms with E-state index >= 15 is 0 Å². The lowest BCUT2D eigenvalue weighted by molar-refractivity contribution is -0.134. The zero-order valence-corrected chi connectivity index (χ0v) is 8.08. The van der Waals surface area contributed by atoms with Gasteiger partial charge in [-0.3, -0.25) is 0 Å². The Morgan fingerprint density at radius 3 is 2.85 bits per heavy atom. The number of rotatable bonds is 4. The van der Waals surface area contributed by atoms with E-state index in [-0.39, 0.29) is 5.97 Å². The van der Waals surface area contributed by atoms with E-state index in [0.29, 0.717) is 0 Å². The van der Waals surface area contributed by atoms with Gasteiger partial charge in [-0.15, -0.1) is 0 Å². The van der Waals surface area contributed by atoms with Crippen LogP contribution in [0.3, 0.4) is 0 Å². The number of methoxy groups -OCH3 is 1. The Balaban J connectivity index is 2.05. The van der Waals surface area contributed by atoms with E-state index in [9.17, 15) is 4.79 Å². The van der Waals surface area contributed by atoms with Gasteiger partial charge in [0.25, 0.3) is 0 Å². The van der Waals surface area contributed by atoms with Crippen LogP contribution < -0.4 is 5.32 Å². The number of carbonyl (C=O) groups excluding carboxylic acids is 1. The fraction of sp³-hybridized carbons (Fsp3) is 0.700. The monoisotopic (exact) mass is 183 g/mol. The van der Waals surface area contributed by atoms with Gasteiger partial charge in [-0.2, -0.15) is 0 Å². The van der Waals surface area contributed by atoms with Gasteiger partial charge in [0.05, 0.1) is 7.11 Å². The van der Waals surface area contributed by atoms with Gasteiger partial charge in [0.1, 0.15) is 0 Å². The van der Waals surface area contributed by atoms with Crippen LogP contribution in [0.4, 0.5) is 0 Å². The minimum absolute atomic E-state index is 0.307. The first-order valence-electron chi connectivity index (χ1n) is 4.81. The van der Waals surface area contributed by atoms with Gasteiger partial charge in [-0.05, 0) is 18.8 Å². The predicted molar refractivity (Wildman–Crippen MR) is 51.1 cm³/mol. The predicted octanol–water partition coefficient (Wildman–Crippen LogP) is 1.45. The number of nitrogens with one attached hydrogen (secondary N) is 1. The van der Waals surface area contributed by atoms with Crippen LogP contribution in [0, 0.1) is 5.92 Å². The highest BCUT2D eigenvalue weighted by Gasteiger charge is 2.13. The van der Waals surface area contributed by atoms with Gasteiger partial charge in [0.2, 0.25) is 0 Å². The number of hydrogen-bond donors (Lipinski definition) is 1. The maximum atomic E-state index is 10.7. The molecule has 0 saturated heterocycles. The molecule has 0 unspecified atom stereocenters.